The second-order valence-electron chi connectivity index (χ2n) is 6.81. The van der Waals surface area contributed by atoms with E-state index < -0.39 is 0 Å². The van der Waals surface area contributed by atoms with Gasteiger partial charge >= 0.3 is 0 Å². The van der Waals surface area contributed by atoms with Crippen molar-refractivity contribution in [1.82, 2.24) is 20.0 Å². The fraction of sp³-hybridized carbons (Fsp3) is 0.474. The Labute approximate surface area is 154 Å². The summed E-state index contributed by atoms with van der Waals surface area (Å²) in [4.78, 5) is 6.51. The molecule has 1 aromatic carbocycles. The van der Waals surface area contributed by atoms with Crippen LogP contribution in [-0.2, 0) is 20.1 Å². The van der Waals surface area contributed by atoms with Gasteiger partial charge in [0.2, 0.25) is 6.79 Å². The highest BCUT2D eigenvalue weighted by atomic mass is 16.7. The maximum atomic E-state index is 5.44. The molecule has 1 aliphatic rings. The lowest BCUT2D eigenvalue weighted by Gasteiger charge is -2.22. The van der Waals surface area contributed by atoms with E-state index in [2.05, 4.69) is 40.4 Å². The molecule has 0 bridgehead atoms. The molecule has 0 saturated heterocycles. The molecule has 1 aromatic heterocycles. The number of benzene rings is 1. The smallest absolute Gasteiger partial charge is 0.231 e. The Hall–Kier alpha value is -2.70. The lowest BCUT2D eigenvalue weighted by molar-refractivity contribution is 0.174. The monoisotopic (exact) mass is 357 g/mol. The molecule has 1 aliphatic heterocycles. The van der Waals surface area contributed by atoms with Gasteiger partial charge < -0.3 is 19.7 Å². The molecular weight excluding hydrogens is 330 g/mol. The van der Waals surface area contributed by atoms with Crippen LogP contribution in [-0.4, -0.2) is 41.5 Å². The summed E-state index contributed by atoms with van der Waals surface area (Å²) in [5.74, 6) is 2.82. The van der Waals surface area contributed by atoms with Gasteiger partial charge in [0.15, 0.2) is 17.5 Å². The maximum absolute atomic E-state index is 5.44. The van der Waals surface area contributed by atoms with Gasteiger partial charge in [-0.05, 0) is 23.6 Å². The van der Waals surface area contributed by atoms with Crippen molar-refractivity contribution in [3.05, 3.63) is 41.2 Å². The number of aryl methyl sites for hydroxylation is 1. The molecule has 2 heterocycles. The topological polar surface area (TPSA) is 63.9 Å². The summed E-state index contributed by atoms with van der Waals surface area (Å²) >= 11 is 0. The minimum absolute atomic E-state index is 0.292. The average molecular weight is 357 g/mol. The predicted octanol–water partition coefficient (Wildman–Crippen LogP) is 2.48. The molecule has 0 aliphatic carbocycles. The third kappa shape index (κ3) is 3.92. The highest BCUT2D eigenvalue weighted by Gasteiger charge is 2.16. The van der Waals surface area contributed by atoms with E-state index in [4.69, 9.17) is 9.47 Å². The van der Waals surface area contributed by atoms with Crippen LogP contribution in [0.15, 0.2) is 29.4 Å². The van der Waals surface area contributed by atoms with Crippen LogP contribution in [0.25, 0.3) is 0 Å². The summed E-state index contributed by atoms with van der Waals surface area (Å²) in [6.07, 6.45) is 2.08. The molecule has 140 valence electrons. The summed E-state index contributed by atoms with van der Waals surface area (Å²) in [5, 5.41) is 7.98. The molecule has 26 heavy (non-hydrogen) atoms. The highest BCUT2D eigenvalue weighted by molar-refractivity contribution is 5.79. The molecular formula is C19H27N5O2. The molecule has 7 heteroatoms. The number of hydrogen-bond donors (Lipinski definition) is 1. The van der Waals surface area contributed by atoms with E-state index in [0.29, 0.717) is 19.3 Å². The van der Waals surface area contributed by atoms with E-state index in [1.165, 1.54) is 5.56 Å². The molecule has 2 aromatic rings. The number of aromatic nitrogens is 2. The van der Waals surface area contributed by atoms with E-state index in [0.717, 1.165) is 35.3 Å². The normalized spacial score (nSPS) is 13.4. The first-order valence-corrected chi connectivity index (χ1v) is 8.80. The summed E-state index contributed by atoms with van der Waals surface area (Å²) in [6, 6.07) is 5.97. The molecule has 7 nitrogen and oxygen atoms in total. The molecule has 0 amide bonds. The zero-order valence-corrected chi connectivity index (χ0v) is 16.1. The Morgan fingerprint density at radius 3 is 2.85 bits per heavy atom. The Morgan fingerprint density at radius 1 is 1.35 bits per heavy atom. The molecule has 0 unspecified atom stereocenters. The van der Waals surface area contributed by atoms with Crippen molar-refractivity contribution >= 4 is 5.96 Å². The number of fused-ring (bicyclic) bond motifs is 1. The van der Waals surface area contributed by atoms with Crippen LogP contribution in [0, 0.1) is 0 Å². The van der Waals surface area contributed by atoms with Gasteiger partial charge in [-0.15, -0.1) is 0 Å². The van der Waals surface area contributed by atoms with Crippen LogP contribution < -0.4 is 14.8 Å². The molecule has 0 spiro atoms. The van der Waals surface area contributed by atoms with Crippen LogP contribution >= 0.6 is 0 Å². The van der Waals surface area contributed by atoms with Crippen molar-refractivity contribution in [1.29, 1.82) is 0 Å². The van der Waals surface area contributed by atoms with Gasteiger partial charge in [-0.25, -0.2) is 0 Å². The minimum atomic E-state index is 0.292. The van der Waals surface area contributed by atoms with Crippen molar-refractivity contribution < 1.29 is 9.47 Å². The summed E-state index contributed by atoms with van der Waals surface area (Å²) in [7, 11) is 5.79. The Morgan fingerprint density at radius 2 is 2.12 bits per heavy atom. The maximum Gasteiger partial charge on any atom is 0.231 e. The number of rotatable bonds is 5. The van der Waals surface area contributed by atoms with Gasteiger partial charge in [-0.1, -0.05) is 19.9 Å². The Bertz CT molecular complexity index is 797. The standard InChI is InChI=1S/C19H27N5O2/c1-13(2)18-15(11-24(5)22-18)10-23(4)19(20-3)21-9-14-6-7-16-17(8-14)26-12-25-16/h6-8,11,13H,9-10,12H2,1-5H3,(H,20,21). The van der Waals surface area contributed by atoms with Crippen molar-refractivity contribution in [2.24, 2.45) is 12.0 Å². The molecule has 0 saturated carbocycles. The zero-order valence-electron chi connectivity index (χ0n) is 16.1. The second kappa shape index (κ2) is 7.68. The van der Waals surface area contributed by atoms with Crippen LogP contribution in [0.5, 0.6) is 11.5 Å². The molecule has 0 radical (unpaired) electrons. The zero-order chi connectivity index (χ0) is 18.7. The van der Waals surface area contributed by atoms with Crippen molar-refractivity contribution in [2.45, 2.75) is 32.9 Å². The first-order valence-electron chi connectivity index (χ1n) is 8.80. The largest absolute Gasteiger partial charge is 0.454 e. The predicted molar refractivity (Wildman–Crippen MR) is 102 cm³/mol. The first-order chi connectivity index (χ1) is 12.5. The number of ether oxygens (including phenoxy) is 2. The number of aliphatic imine (C=N–C) groups is 1. The highest BCUT2D eigenvalue weighted by Crippen LogP contribution is 2.32. The van der Waals surface area contributed by atoms with E-state index in [-0.39, 0.29) is 0 Å². The first kappa shape index (κ1) is 18.1. The SMILES string of the molecule is CN=C(NCc1ccc2c(c1)OCO2)N(C)Cc1cn(C)nc1C(C)C. The van der Waals surface area contributed by atoms with Crippen LogP contribution in [0.1, 0.15) is 36.6 Å². The molecule has 3 rings (SSSR count). The Balaban J connectivity index is 1.63. The number of nitrogens with one attached hydrogen (secondary N) is 1. The van der Waals surface area contributed by atoms with E-state index in [1.54, 1.807) is 7.05 Å². The van der Waals surface area contributed by atoms with Gasteiger partial charge in [0.25, 0.3) is 0 Å². The van der Waals surface area contributed by atoms with E-state index in [9.17, 15) is 0 Å². The van der Waals surface area contributed by atoms with Crippen LogP contribution in [0.3, 0.4) is 0 Å². The van der Waals surface area contributed by atoms with Crippen molar-refractivity contribution in [3.63, 3.8) is 0 Å². The van der Waals surface area contributed by atoms with E-state index in [1.807, 2.05) is 37.0 Å². The average Bonchev–Trinajstić information content (AvgIpc) is 3.21. The van der Waals surface area contributed by atoms with Gasteiger partial charge in [0.05, 0.1) is 5.69 Å². The third-order valence-corrected chi connectivity index (χ3v) is 4.35. The fourth-order valence-corrected chi connectivity index (χ4v) is 3.11. The number of nitrogens with zero attached hydrogens (tertiary/aromatic N) is 4. The van der Waals surface area contributed by atoms with Crippen LogP contribution in [0.4, 0.5) is 0 Å². The van der Waals surface area contributed by atoms with Crippen molar-refractivity contribution in [3.8, 4) is 11.5 Å². The van der Waals surface area contributed by atoms with Gasteiger partial charge in [0.1, 0.15) is 0 Å². The summed E-state index contributed by atoms with van der Waals surface area (Å²) in [6.45, 7) is 6.04. The minimum Gasteiger partial charge on any atom is -0.454 e. The summed E-state index contributed by atoms with van der Waals surface area (Å²) < 4.78 is 12.7. The lowest BCUT2D eigenvalue weighted by Crippen LogP contribution is -2.38. The van der Waals surface area contributed by atoms with Crippen LogP contribution in [0.2, 0.25) is 0 Å². The number of hydrogen-bond acceptors (Lipinski definition) is 4. The lowest BCUT2D eigenvalue weighted by atomic mass is 10.1. The number of guanidine groups is 1. The van der Waals surface area contributed by atoms with Crippen molar-refractivity contribution in [2.75, 3.05) is 20.9 Å². The fourth-order valence-electron chi connectivity index (χ4n) is 3.11. The van der Waals surface area contributed by atoms with Gasteiger partial charge in [-0.2, -0.15) is 5.10 Å². The molecule has 0 atom stereocenters. The molecule has 0 fully saturated rings. The van der Waals surface area contributed by atoms with Gasteiger partial charge in [0, 0.05) is 46.0 Å². The Kier molecular flexibility index (Phi) is 5.35. The second-order valence-corrected chi connectivity index (χ2v) is 6.81. The summed E-state index contributed by atoms with van der Waals surface area (Å²) in [5.41, 5.74) is 3.47. The third-order valence-electron chi connectivity index (χ3n) is 4.35. The van der Waals surface area contributed by atoms with E-state index >= 15 is 0 Å². The quantitative estimate of drug-likeness (QED) is 0.658. The molecule has 1 N–H and O–H groups in total. The van der Waals surface area contributed by atoms with Gasteiger partial charge in [-0.3, -0.25) is 9.67 Å².